The zero-order valence-corrected chi connectivity index (χ0v) is 14.9. The summed E-state index contributed by atoms with van der Waals surface area (Å²) >= 11 is 0. The normalized spacial score (nSPS) is 23.3. The van der Waals surface area contributed by atoms with Crippen LogP contribution in [0.2, 0.25) is 0 Å². The van der Waals surface area contributed by atoms with Crippen LogP contribution in [0, 0.1) is 5.92 Å². The minimum atomic E-state index is -4.33. The first kappa shape index (κ1) is 16.9. The van der Waals surface area contributed by atoms with E-state index in [0.29, 0.717) is 11.8 Å². The first-order valence-corrected chi connectivity index (χ1v) is 9.52. The summed E-state index contributed by atoms with van der Waals surface area (Å²) in [4.78, 5) is 2.49. The summed E-state index contributed by atoms with van der Waals surface area (Å²) in [5.41, 5.74) is 4.70. The Balaban J connectivity index is 1.44. The molecule has 1 fully saturated rings. The first-order valence-electron chi connectivity index (χ1n) is 9.52. The quantitative estimate of drug-likeness (QED) is 0.852. The fourth-order valence-corrected chi connectivity index (χ4v) is 4.95. The molecule has 0 spiro atoms. The maximum Gasteiger partial charge on any atom is 0.416 e. The van der Waals surface area contributed by atoms with Crippen LogP contribution in [0.4, 0.5) is 24.5 Å². The number of anilines is 2. The number of alkyl halides is 3. The van der Waals surface area contributed by atoms with Gasteiger partial charge < -0.3 is 15.5 Å². The highest BCUT2D eigenvalue weighted by atomic mass is 19.4. The molecule has 3 aliphatic heterocycles. The zero-order chi connectivity index (χ0) is 18.6. The van der Waals surface area contributed by atoms with Gasteiger partial charge in [0.15, 0.2) is 0 Å². The van der Waals surface area contributed by atoms with Crippen LogP contribution >= 0.6 is 0 Å². The van der Waals surface area contributed by atoms with Crippen LogP contribution in [-0.4, -0.2) is 26.2 Å². The Morgan fingerprint density at radius 3 is 2.85 bits per heavy atom. The molecule has 3 aliphatic rings. The molecule has 3 nitrogen and oxygen atoms in total. The maximum absolute atomic E-state index is 13.2. The predicted octanol–water partition coefficient (Wildman–Crippen LogP) is 4.00. The van der Waals surface area contributed by atoms with Crippen LogP contribution in [-0.2, 0) is 19.1 Å². The Morgan fingerprint density at radius 1 is 1.15 bits per heavy atom. The van der Waals surface area contributed by atoms with Crippen LogP contribution < -0.4 is 15.5 Å². The van der Waals surface area contributed by atoms with Gasteiger partial charge in [-0.2, -0.15) is 13.2 Å². The molecule has 1 saturated heterocycles. The molecule has 0 aromatic heterocycles. The Bertz CT molecular complexity index is 877. The van der Waals surface area contributed by atoms with Crippen LogP contribution in [0.5, 0.6) is 0 Å². The third-order valence-electron chi connectivity index (χ3n) is 6.19. The molecule has 2 aromatic carbocycles. The van der Waals surface area contributed by atoms with Gasteiger partial charge in [-0.05, 0) is 47.2 Å². The monoisotopic (exact) mass is 373 g/mol. The summed E-state index contributed by atoms with van der Waals surface area (Å²) in [6.45, 7) is 4.37. The van der Waals surface area contributed by atoms with Crippen molar-refractivity contribution in [3.63, 3.8) is 0 Å². The Hall–Kier alpha value is -2.21. The molecule has 6 heteroatoms. The van der Waals surface area contributed by atoms with Crippen molar-refractivity contribution in [1.82, 2.24) is 5.32 Å². The van der Waals surface area contributed by atoms with Crippen molar-refractivity contribution < 1.29 is 13.2 Å². The predicted molar refractivity (Wildman–Crippen MR) is 100 cm³/mol. The lowest BCUT2D eigenvalue weighted by Gasteiger charge is -2.35. The number of benzene rings is 2. The minimum Gasteiger partial charge on any atom is -0.381 e. The molecule has 3 heterocycles. The molecule has 0 radical (unpaired) electrons. The van der Waals surface area contributed by atoms with Crippen molar-refractivity contribution in [2.75, 3.05) is 36.4 Å². The van der Waals surface area contributed by atoms with Crippen molar-refractivity contribution in [1.29, 1.82) is 0 Å². The van der Waals surface area contributed by atoms with Gasteiger partial charge >= 0.3 is 6.18 Å². The molecule has 0 unspecified atom stereocenters. The molecule has 0 amide bonds. The summed E-state index contributed by atoms with van der Waals surface area (Å²) in [7, 11) is 0. The third-order valence-corrected chi connectivity index (χ3v) is 6.19. The second-order valence-corrected chi connectivity index (χ2v) is 7.80. The summed E-state index contributed by atoms with van der Waals surface area (Å²) in [5.74, 6) is 1.14. The van der Waals surface area contributed by atoms with E-state index in [4.69, 9.17) is 0 Å². The number of hydrogen-bond donors (Lipinski definition) is 2. The van der Waals surface area contributed by atoms with Crippen LogP contribution in [0.3, 0.4) is 0 Å². The molecule has 27 heavy (non-hydrogen) atoms. The van der Waals surface area contributed by atoms with Crippen LogP contribution in [0.25, 0.3) is 0 Å². The fraction of sp³-hybridized carbons (Fsp3) is 0.429. The van der Waals surface area contributed by atoms with Crippen molar-refractivity contribution in [2.45, 2.75) is 25.1 Å². The highest BCUT2D eigenvalue weighted by Crippen LogP contribution is 2.46. The second kappa shape index (κ2) is 6.16. The molecule has 2 atom stereocenters. The third kappa shape index (κ3) is 2.87. The largest absolute Gasteiger partial charge is 0.416 e. The van der Waals surface area contributed by atoms with Gasteiger partial charge in [0.2, 0.25) is 0 Å². The second-order valence-electron chi connectivity index (χ2n) is 7.80. The van der Waals surface area contributed by atoms with Gasteiger partial charge in [0.05, 0.1) is 5.56 Å². The van der Waals surface area contributed by atoms with Gasteiger partial charge in [-0.1, -0.05) is 18.2 Å². The average molecular weight is 373 g/mol. The smallest absolute Gasteiger partial charge is 0.381 e. The maximum atomic E-state index is 13.2. The van der Waals surface area contributed by atoms with E-state index in [9.17, 15) is 13.2 Å². The van der Waals surface area contributed by atoms with Gasteiger partial charge in [-0.15, -0.1) is 0 Å². The molecule has 2 aromatic rings. The molecule has 0 aliphatic carbocycles. The molecule has 2 N–H and O–H groups in total. The van der Waals surface area contributed by atoms with Crippen molar-refractivity contribution in [2.24, 2.45) is 5.92 Å². The van der Waals surface area contributed by atoms with E-state index in [1.807, 2.05) is 0 Å². The zero-order valence-electron chi connectivity index (χ0n) is 14.9. The van der Waals surface area contributed by atoms with E-state index in [1.165, 1.54) is 22.9 Å². The molecule has 142 valence electrons. The van der Waals surface area contributed by atoms with Gasteiger partial charge in [-0.25, -0.2) is 0 Å². The number of rotatable bonds is 3. The standard InChI is InChI=1S/C21H22F3N3/c22-21(23,24)19-4-2-1-3-14(19)10-26-16-7-13-5-6-27-12-15-9-25-11-18(15)17(8-16)20(13)27/h1-4,7-8,15,18,25-26H,5-6,9-12H2/t15-,18-/m1/s1. The van der Waals surface area contributed by atoms with E-state index < -0.39 is 11.7 Å². The summed E-state index contributed by atoms with van der Waals surface area (Å²) < 4.78 is 39.7. The Labute approximate surface area is 156 Å². The van der Waals surface area contributed by atoms with Gasteiger partial charge in [0, 0.05) is 50.0 Å². The molecular weight excluding hydrogens is 351 g/mol. The lowest BCUT2D eigenvalue weighted by atomic mass is 9.83. The van der Waals surface area contributed by atoms with Crippen LogP contribution in [0.1, 0.15) is 28.2 Å². The molecule has 0 saturated carbocycles. The number of hydrogen-bond acceptors (Lipinski definition) is 3. The number of halogens is 3. The van der Waals surface area contributed by atoms with Crippen LogP contribution in [0.15, 0.2) is 36.4 Å². The Kier molecular flexibility index (Phi) is 3.86. The average Bonchev–Trinajstić information content (AvgIpc) is 3.28. The first-order chi connectivity index (χ1) is 13.0. The number of nitrogens with one attached hydrogen (secondary N) is 2. The van der Waals surface area contributed by atoms with Gasteiger partial charge in [0.25, 0.3) is 0 Å². The Morgan fingerprint density at radius 2 is 2.00 bits per heavy atom. The molecule has 5 rings (SSSR count). The fourth-order valence-electron chi connectivity index (χ4n) is 4.95. The lowest BCUT2D eigenvalue weighted by molar-refractivity contribution is -0.138. The highest BCUT2D eigenvalue weighted by Gasteiger charge is 2.40. The summed E-state index contributed by atoms with van der Waals surface area (Å²) in [6, 6.07) is 10.1. The van der Waals surface area contributed by atoms with Crippen molar-refractivity contribution >= 4 is 11.4 Å². The molecule has 0 bridgehead atoms. The van der Waals surface area contributed by atoms with Crippen molar-refractivity contribution in [3.8, 4) is 0 Å². The van der Waals surface area contributed by atoms with E-state index >= 15 is 0 Å². The van der Waals surface area contributed by atoms with E-state index in [1.54, 1.807) is 12.1 Å². The topological polar surface area (TPSA) is 27.3 Å². The van der Waals surface area contributed by atoms with Gasteiger partial charge in [-0.3, -0.25) is 0 Å². The summed E-state index contributed by atoms with van der Waals surface area (Å²) in [5, 5.41) is 6.76. The highest BCUT2D eigenvalue weighted by molar-refractivity contribution is 5.71. The van der Waals surface area contributed by atoms with E-state index in [0.717, 1.165) is 44.4 Å². The minimum absolute atomic E-state index is 0.171. The van der Waals surface area contributed by atoms with Crippen molar-refractivity contribution in [3.05, 3.63) is 58.7 Å². The van der Waals surface area contributed by atoms with E-state index in [-0.39, 0.29) is 12.1 Å². The SMILES string of the molecule is FC(F)(F)c1ccccc1CNc1cc2c3c(c1)[C@@H]1CNC[C@@H]1CN3CC2. The lowest BCUT2D eigenvalue weighted by Crippen LogP contribution is -2.35. The number of nitrogens with zero attached hydrogens (tertiary/aromatic N) is 1. The number of fused-ring (bicyclic) bond motifs is 2. The molecular formula is C21H22F3N3. The van der Waals surface area contributed by atoms with Gasteiger partial charge in [0.1, 0.15) is 0 Å². The van der Waals surface area contributed by atoms with E-state index in [2.05, 4.69) is 27.7 Å². The summed E-state index contributed by atoms with van der Waals surface area (Å²) in [6.07, 6.45) is -3.31.